The minimum Gasteiger partial charge on any atom is -0.348 e. The van der Waals surface area contributed by atoms with Gasteiger partial charge in [-0.3, -0.25) is 14.2 Å². The molecule has 24 heavy (non-hydrogen) atoms. The van der Waals surface area contributed by atoms with Crippen LogP contribution in [0.4, 0.5) is 0 Å². The number of amides is 1. The van der Waals surface area contributed by atoms with Crippen LogP contribution in [-0.2, 0) is 6.54 Å². The standard InChI is InChI=1S/C17H22N4O3/c1-5-12(4)18-15(22)14-16(23)20(6-2)17(24)21(19-14)13-9-7-8-11(3)10-13/h7-10,12H,5-6H2,1-4H3,(H,18,22)/t12-/m0/s1. The third-order valence-corrected chi connectivity index (χ3v) is 3.83. The smallest absolute Gasteiger partial charge is 0.348 e. The lowest BCUT2D eigenvalue weighted by Crippen LogP contribution is -2.46. The van der Waals surface area contributed by atoms with Gasteiger partial charge in [0.25, 0.3) is 11.5 Å². The maximum absolute atomic E-state index is 12.5. The number of benzene rings is 1. The van der Waals surface area contributed by atoms with Gasteiger partial charge >= 0.3 is 5.69 Å². The molecule has 2 aromatic rings. The molecule has 1 amide bonds. The second-order valence-electron chi connectivity index (χ2n) is 5.71. The zero-order valence-corrected chi connectivity index (χ0v) is 14.4. The quantitative estimate of drug-likeness (QED) is 0.894. The summed E-state index contributed by atoms with van der Waals surface area (Å²) >= 11 is 0. The second kappa shape index (κ2) is 7.25. The number of carbonyl (C=O) groups excluding carboxylic acids is 1. The van der Waals surface area contributed by atoms with Gasteiger partial charge in [-0.1, -0.05) is 19.1 Å². The number of nitrogens with zero attached hydrogens (tertiary/aromatic N) is 3. The Kier molecular flexibility index (Phi) is 5.33. The predicted molar refractivity (Wildman–Crippen MR) is 91.7 cm³/mol. The second-order valence-corrected chi connectivity index (χ2v) is 5.71. The van der Waals surface area contributed by atoms with Gasteiger partial charge in [0.2, 0.25) is 5.69 Å². The van der Waals surface area contributed by atoms with Crippen LogP contribution in [0.25, 0.3) is 5.69 Å². The summed E-state index contributed by atoms with van der Waals surface area (Å²) in [4.78, 5) is 37.3. The Bertz CT molecular complexity index is 867. The van der Waals surface area contributed by atoms with Crippen molar-refractivity contribution in [2.24, 2.45) is 0 Å². The first kappa shape index (κ1) is 17.7. The van der Waals surface area contributed by atoms with Crippen molar-refractivity contribution in [3.63, 3.8) is 0 Å². The maximum atomic E-state index is 12.5. The number of hydrogen-bond acceptors (Lipinski definition) is 4. The largest absolute Gasteiger partial charge is 0.352 e. The highest BCUT2D eigenvalue weighted by Gasteiger charge is 2.20. The van der Waals surface area contributed by atoms with Crippen LogP contribution >= 0.6 is 0 Å². The molecule has 0 radical (unpaired) electrons. The fourth-order valence-corrected chi connectivity index (χ4v) is 2.26. The average molecular weight is 330 g/mol. The van der Waals surface area contributed by atoms with Gasteiger partial charge in [0.15, 0.2) is 0 Å². The lowest BCUT2D eigenvalue weighted by atomic mass is 10.2. The molecule has 7 nitrogen and oxygen atoms in total. The van der Waals surface area contributed by atoms with Crippen molar-refractivity contribution in [3.8, 4) is 5.69 Å². The molecule has 1 aromatic heterocycles. The van der Waals surface area contributed by atoms with Gasteiger partial charge in [0.1, 0.15) is 0 Å². The number of rotatable bonds is 5. The van der Waals surface area contributed by atoms with Crippen molar-refractivity contribution in [2.45, 2.75) is 46.7 Å². The molecule has 0 aliphatic heterocycles. The summed E-state index contributed by atoms with van der Waals surface area (Å²) in [7, 11) is 0. The predicted octanol–water partition coefficient (Wildman–Crippen LogP) is 1.25. The van der Waals surface area contributed by atoms with Gasteiger partial charge in [0.05, 0.1) is 5.69 Å². The summed E-state index contributed by atoms with van der Waals surface area (Å²) in [6, 6.07) is 7.07. The van der Waals surface area contributed by atoms with E-state index in [1.165, 1.54) is 0 Å². The first-order valence-electron chi connectivity index (χ1n) is 8.01. The van der Waals surface area contributed by atoms with E-state index in [9.17, 15) is 14.4 Å². The maximum Gasteiger partial charge on any atom is 0.352 e. The monoisotopic (exact) mass is 330 g/mol. The van der Waals surface area contributed by atoms with E-state index in [0.717, 1.165) is 21.2 Å². The molecular weight excluding hydrogens is 308 g/mol. The van der Waals surface area contributed by atoms with E-state index in [4.69, 9.17) is 0 Å². The van der Waals surface area contributed by atoms with Crippen LogP contribution in [0.15, 0.2) is 33.9 Å². The first-order chi connectivity index (χ1) is 11.4. The molecule has 0 saturated heterocycles. The van der Waals surface area contributed by atoms with Crippen LogP contribution in [-0.4, -0.2) is 26.3 Å². The van der Waals surface area contributed by atoms with Crippen molar-refractivity contribution in [3.05, 3.63) is 56.4 Å². The number of aryl methyl sites for hydroxylation is 1. The van der Waals surface area contributed by atoms with E-state index in [0.29, 0.717) is 5.69 Å². The van der Waals surface area contributed by atoms with Crippen LogP contribution in [0.5, 0.6) is 0 Å². The zero-order chi connectivity index (χ0) is 17.9. The molecule has 1 atom stereocenters. The van der Waals surface area contributed by atoms with Crippen LogP contribution in [0, 0.1) is 6.92 Å². The third kappa shape index (κ3) is 3.45. The Morgan fingerprint density at radius 1 is 1.29 bits per heavy atom. The minimum absolute atomic E-state index is 0.0897. The van der Waals surface area contributed by atoms with E-state index >= 15 is 0 Å². The van der Waals surface area contributed by atoms with Crippen LogP contribution in [0.1, 0.15) is 43.2 Å². The summed E-state index contributed by atoms with van der Waals surface area (Å²) in [5.41, 5.74) is -0.0560. The Labute approximate surface area is 139 Å². The SMILES string of the molecule is CC[C@H](C)NC(=O)c1nn(-c2cccc(C)c2)c(=O)n(CC)c1=O. The summed E-state index contributed by atoms with van der Waals surface area (Å²) in [6.07, 6.45) is 0.727. The van der Waals surface area contributed by atoms with Crippen molar-refractivity contribution in [1.82, 2.24) is 19.7 Å². The first-order valence-corrected chi connectivity index (χ1v) is 8.01. The third-order valence-electron chi connectivity index (χ3n) is 3.83. The normalized spacial score (nSPS) is 12.0. The van der Waals surface area contributed by atoms with Gasteiger partial charge in [-0.05, 0) is 44.9 Å². The topological polar surface area (TPSA) is 86.0 Å². The van der Waals surface area contributed by atoms with E-state index in [-0.39, 0.29) is 18.3 Å². The summed E-state index contributed by atoms with van der Waals surface area (Å²) in [5, 5.41) is 6.76. The van der Waals surface area contributed by atoms with Crippen molar-refractivity contribution in [2.75, 3.05) is 0 Å². The molecule has 0 bridgehead atoms. The molecule has 7 heteroatoms. The molecule has 1 N–H and O–H groups in total. The zero-order valence-electron chi connectivity index (χ0n) is 14.4. The molecule has 0 unspecified atom stereocenters. The molecular formula is C17H22N4O3. The van der Waals surface area contributed by atoms with Gasteiger partial charge in [0, 0.05) is 12.6 Å². The highest BCUT2D eigenvalue weighted by Crippen LogP contribution is 2.06. The van der Waals surface area contributed by atoms with Crippen LogP contribution < -0.4 is 16.6 Å². The van der Waals surface area contributed by atoms with Gasteiger partial charge in [-0.2, -0.15) is 9.78 Å². The Morgan fingerprint density at radius 2 is 2.00 bits per heavy atom. The van der Waals surface area contributed by atoms with E-state index < -0.39 is 17.2 Å². The summed E-state index contributed by atoms with van der Waals surface area (Å²) in [5.74, 6) is -0.571. The number of carbonyl (C=O) groups is 1. The highest BCUT2D eigenvalue weighted by atomic mass is 16.2. The fraction of sp³-hybridized carbons (Fsp3) is 0.412. The van der Waals surface area contributed by atoms with Crippen LogP contribution in [0.3, 0.4) is 0 Å². The molecule has 1 heterocycles. The molecule has 0 spiro atoms. The van der Waals surface area contributed by atoms with E-state index in [1.54, 1.807) is 25.1 Å². The van der Waals surface area contributed by atoms with Crippen molar-refractivity contribution < 1.29 is 4.79 Å². The lowest BCUT2D eigenvalue weighted by molar-refractivity contribution is 0.0929. The molecule has 0 fully saturated rings. The van der Waals surface area contributed by atoms with E-state index in [2.05, 4.69) is 10.4 Å². The van der Waals surface area contributed by atoms with Gasteiger partial charge < -0.3 is 5.32 Å². The molecule has 0 aliphatic rings. The number of hydrogen-bond donors (Lipinski definition) is 1. The van der Waals surface area contributed by atoms with Crippen molar-refractivity contribution in [1.29, 1.82) is 0 Å². The molecule has 1 aromatic carbocycles. The fourth-order valence-electron chi connectivity index (χ4n) is 2.26. The Hall–Kier alpha value is -2.70. The Balaban J connectivity index is 2.65. The van der Waals surface area contributed by atoms with Gasteiger partial charge in [-0.15, -0.1) is 0 Å². The van der Waals surface area contributed by atoms with E-state index in [1.807, 2.05) is 26.8 Å². The number of aromatic nitrogens is 3. The van der Waals surface area contributed by atoms with Crippen LogP contribution in [0.2, 0.25) is 0 Å². The molecule has 0 aliphatic carbocycles. The van der Waals surface area contributed by atoms with Crippen molar-refractivity contribution >= 4 is 5.91 Å². The summed E-state index contributed by atoms with van der Waals surface area (Å²) < 4.78 is 2.12. The molecule has 0 saturated carbocycles. The Morgan fingerprint density at radius 3 is 2.58 bits per heavy atom. The highest BCUT2D eigenvalue weighted by molar-refractivity contribution is 5.91. The molecule has 128 valence electrons. The number of nitrogens with one attached hydrogen (secondary N) is 1. The minimum atomic E-state index is -0.674. The lowest BCUT2D eigenvalue weighted by Gasteiger charge is -2.13. The average Bonchev–Trinajstić information content (AvgIpc) is 2.55. The molecule has 2 rings (SSSR count). The van der Waals surface area contributed by atoms with Gasteiger partial charge in [-0.25, -0.2) is 4.79 Å². The summed E-state index contributed by atoms with van der Waals surface area (Å²) in [6.45, 7) is 7.50.